The first-order valence-electron chi connectivity index (χ1n) is 7.65. The Morgan fingerprint density at radius 3 is 3.13 bits per heavy atom. The number of piperidine rings is 1. The van der Waals surface area contributed by atoms with Gasteiger partial charge in [0, 0.05) is 30.0 Å². The van der Waals surface area contributed by atoms with Crippen LogP contribution in [-0.2, 0) is 0 Å². The molecule has 2 aliphatic heterocycles. The fourth-order valence-electron chi connectivity index (χ4n) is 3.36. The van der Waals surface area contributed by atoms with E-state index in [1.54, 1.807) is 11.3 Å². The third-order valence-electron chi connectivity index (χ3n) is 4.51. The summed E-state index contributed by atoms with van der Waals surface area (Å²) in [6, 6.07) is 2.02. The molecule has 0 saturated carbocycles. The van der Waals surface area contributed by atoms with Crippen LogP contribution in [0.5, 0.6) is 5.88 Å². The first-order chi connectivity index (χ1) is 11.3. The van der Waals surface area contributed by atoms with E-state index in [1.165, 1.54) is 31.1 Å². The van der Waals surface area contributed by atoms with E-state index < -0.39 is 0 Å². The van der Waals surface area contributed by atoms with Gasteiger partial charge in [0.15, 0.2) is 6.61 Å². The molecule has 4 heterocycles. The summed E-state index contributed by atoms with van der Waals surface area (Å²) in [5, 5.41) is 4.07. The minimum absolute atomic E-state index is 0.365. The van der Waals surface area contributed by atoms with Crippen molar-refractivity contribution in [3.8, 4) is 17.7 Å². The van der Waals surface area contributed by atoms with Gasteiger partial charge in [-0.25, -0.2) is 0 Å². The first kappa shape index (κ1) is 15.8. The molecule has 2 bridgehead atoms. The van der Waals surface area contributed by atoms with Crippen LogP contribution in [0.4, 0.5) is 0 Å². The minimum atomic E-state index is 0.365. The van der Waals surface area contributed by atoms with Crippen molar-refractivity contribution in [2.75, 3.05) is 19.7 Å². The molecule has 0 aromatic carbocycles. The number of ether oxygens (including phenoxy) is 1. The maximum Gasteiger partial charge on any atom is 0.250 e. The molecule has 0 aliphatic carbocycles. The van der Waals surface area contributed by atoms with E-state index in [0.29, 0.717) is 28.4 Å². The van der Waals surface area contributed by atoms with Crippen LogP contribution in [-0.4, -0.2) is 37.4 Å². The highest BCUT2D eigenvalue weighted by molar-refractivity contribution is 14.1. The number of hydrogen-bond donors (Lipinski definition) is 0. The molecule has 23 heavy (non-hydrogen) atoms. The molecule has 2 saturated heterocycles. The van der Waals surface area contributed by atoms with E-state index in [2.05, 4.69) is 48.1 Å². The molecular formula is C16H16IN3OS2. The van der Waals surface area contributed by atoms with Gasteiger partial charge in [0.1, 0.15) is 5.69 Å². The Hall–Kier alpha value is -0.690. The summed E-state index contributed by atoms with van der Waals surface area (Å²) in [6.45, 7) is 2.64. The molecular weight excluding hydrogens is 441 g/mol. The number of hydrogen-bond acceptors (Lipinski definition) is 6. The van der Waals surface area contributed by atoms with Gasteiger partial charge >= 0.3 is 0 Å². The van der Waals surface area contributed by atoms with Crippen molar-refractivity contribution < 1.29 is 4.74 Å². The van der Waals surface area contributed by atoms with E-state index in [0.717, 1.165) is 17.8 Å². The number of halogens is 1. The fraction of sp³-hybridized carbons (Fsp3) is 0.500. The Morgan fingerprint density at radius 1 is 1.35 bits per heavy atom. The summed E-state index contributed by atoms with van der Waals surface area (Å²) in [5.74, 6) is 8.01. The molecule has 2 aromatic heterocycles. The van der Waals surface area contributed by atoms with Crippen LogP contribution in [0.3, 0.4) is 0 Å². The zero-order valence-electron chi connectivity index (χ0n) is 12.4. The van der Waals surface area contributed by atoms with E-state index in [4.69, 9.17) is 4.74 Å². The normalized spacial score (nSPS) is 29.1. The van der Waals surface area contributed by atoms with Gasteiger partial charge in [0.25, 0.3) is 0 Å². The van der Waals surface area contributed by atoms with Crippen molar-refractivity contribution in [1.29, 1.82) is 0 Å². The van der Waals surface area contributed by atoms with Gasteiger partial charge in [-0.1, -0.05) is 34.4 Å². The average Bonchev–Trinajstić information content (AvgIpc) is 3.28. The second kappa shape index (κ2) is 7.05. The molecule has 120 valence electrons. The predicted octanol–water partition coefficient (Wildman–Crippen LogP) is 3.60. The van der Waals surface area contributed by atoms with Gasteiger partial charge in [0.05, 0.1) is 15.8 Å². The fourth-order valence-corrected chi connectivity index (χ4v) is 5.33. The molecule has 4 unspecified atom stereocenters. The number of alkyl halides is 1. The summed E-state index contributed by atoms with van der Waals surface area (Å²) in [5.41, 5.74) is 2.09. The summed E-state index contributed by atoms with van der Waals surface area (Å²) < 4.78 is 15.4. The lowest BCUT2D eigenvalue weighted by molar-refractivity contribution is 0.256. The Morgan fingerprint density at radius 2 is 2.30 bits per heavy atom. The van der Waals surface area contributed by atoms with Crippen molar-refractivity contribution in [3.63, 3.8) is 0 Å². The van der Waals surface area contributed by atoms with Crippen molar-refractivity contribution >= 4 is 45.7 Å². The molecule has 2 fully saturated rings. The zero-order valence-corrected chi connectivity index (χ0v) is 16.2. The van der Waals surface area contributed by atoms with E-state index >= 15 is 0 Å². The SMILES string of the molecule is IC1CCC2CN1CC2c1nsnc1OCC#Cc1ccsc1. The Balaban J connectivity index is 1.42. The quantitative estimate of drug-likeness (QED) is 0.306. The molecule has 0 radical (unpaired) electrons. The van der Waals surface area contributed by atoms with Crippen molar-refractivity contribution in [2.45, 2.75) is 22.8 Å². The van der Waals surface area contributed by atoms with E-state index in [1.807, 2.05) is 16.8 Å². The number of nitrogens with zero attached hydrogens (tertiary/aromatic N) is 3. The zero-order chi connectivity index (χ0) is 15.6. The molecule has 4 nitrogen and oxygen atoms in total. The summed E-state index contributed by atoms with van der Waals surface area (Å²) in [4.78, 5) is 2.57. The number of aromatic nitrogens is 2. The lowest BCUT2D eigenvalue weighted by Gasteiger charge is -2.27. The third-order valence-corrected chi connectivity index (χ3v) is 7.13. The van der Waals surface area contributed by atoms with E-state index in [9.17, 15) is 0 Å². The van der Waals surface area contributed by atoms with Crippen molar-refractivity contribution in [3.05, 3.63) is 28.1 Å². The number of rotatable bonds is 3. The average molecular weight is 457 g/mol. The van der Waals surface area contributed by atoms with Crippen LogP contribution >= 0.6 is 45.7 Å². The van der Waals surface area contributed by atoms with Crippen LogP contribution < -0.4 is 4.74 Å². The minimum Gasteiger partial charge on any atom is -0.463 e. The summed E-state index contributed by atoms with van der Waals surface area (Å²) >= 11 is 5.46. The van der Waals surface area contributed by atoms with Crippen LogP contribution in [0.2, 0.25) is 0 Å². The molecule has 4 rings (SSSR count). The van der Waals surface area contributed by atoms with Crippen LogP contribution in [0.1, 0.15) is 30.0 Å². The monoisotopic (exact) mass is 457 g/mol. The number of fused-ring (bicyclic) bond motifs is 2. The summed E-state index contributed by atoms with van der Waals surface area (Å²) in [7, 11) is 0. The molecule has 2 aliphatic rings. The van der Waals surface area contributed by atoms with Gasteiger partial charge in [-0.05, 0) is 30.2 Å². The molecule has 0 amide bonds. The Bertz CT molecular complexity index is 721. The van der Waals surface area contributed by atoms with Crippen LogP contribution in [0.15, 0.2) is 16.8 Å². The third kappa shape index (κ3) is 3.40. The molecule has 2 aromatic rings. The number of thiophene rings is 1. The second-order valence-corrected chi connectivity index (χ2v) is 8.64. The standard InChI is InChI=1S/C16H16IN3OS2/c17-14-4-3-12-8-20(14)9-13(12)15-16(19-23-18-15)21-6-1-2-11-5-7-22-10-11/h5,7,10,12-14H,3-4,6,8-9H2. The molecule has 7 heteroatoms. The smallest absolute Gasteiger partial charge is 0.250 e. The maximum atomic E-state index is 5.81. The van der Waals surface area contributed by atoms with Gasteiger partial charge in [-0.2, -0.15) is 15.7 Å². The first-order valence-corrected chi connectivity index (χ1v) is 10.6. The predicted molar refractivity (Wildman–Crippen MR) is 101 cm³/mol. The van der Waals surface area contributed by atoms with E-state index in [-0.39, 0.29) is 0 Å². The van der Waals surface area contributed by atoms with Gasteiger partial charge in [0.2, 0.25) is 5.88 Å². The maximum absolute atomic E-state index is 5.81. The van der Waals surface area contributed by atoms with Crippen LogP contribution in [0.25, 0.3) is 0 Å². The van der Waals surface area contributed by atoms with Gasteiger partial charge in [-0.15, -0.1) is 4.37 Å². The lowest BCUT2D eigenvalue weighted by Crippen LogP contribution is -2.32. The largest absolute Gasteiger partial charge is 0.463 e. The highest BCUT2D eigenvalue weighted by atomic mass is 127. The molecule has 0 N–H and O–H groups in total. The summed E-state index contributed by atoms with van der Waals surface area (Å²) in [6.07, 6.45) is 2.56. The van der Waals surface area contributed by atoms with Crippen molar-refractivity contribution in [2.24, 2.45) is 5.92 Å². The second-order valence-electron chi connectivity index (χ2n) is 5.89. The topological polar surface area (TPSA) is 38.2 Å². The van der Waals surface area contributed by atoms with Gasteiger partial charge < -0.3 is 4.74 Å². The Labute approximate surface area is 157 Å². The highest BCUT2D eigenvalue weighted by Crippen LogP contribution is 2.44. The lowest BCUT2D eigenvalue weighted by atomic mass is 9.89. The molecule has 4 atom stereocenters. The Kier molecular flexibility index (Phi) is 4.85. The molecule has 0 spiro atoms. The highest BCUT2D eigenvalue weighted by Gasteiger charge is 2.42. The van der Waals surface area contributed by atoms with Crippen LogP contribution in [0, 0.1) is 17.8 Å². The van der Waals surface area contributed by atoms with Gasteiger partial charge in [-0.3, -0.25) is 4.90 Å². The van der Waals surface area contributed by atoms with Crippen molar-refractivity contribution in [1.82, 2.24) is 13.6 Å².